The minimum atomic E-state index is -2.81. The zero-order valence-electron chi connectivity index (χ0n) is 15.9. The predicted octanol–water partition coefficient (Wildman–Crippen LogP) is 3.39. The van der Waals surface area contributed by atoms with Crippen LogP contribution in [0.15, 0.2) is 42.9 Å². The van der Waals surface area contributed by atoms with Crippen LogP contribution in [0, 0.1) is 13.8 Å². The van der Waals surface area contributed by atoms with Crippen LogP contribution in [0.4, 0.5) is 20.4 Å². The van der Waals surface area contributed by atoms with E-state index in [1.807, 2.05) is 0 Å². The average Bonchev–Trinajstić information content (AvgIpc) is 2.66. The number of halogens is 2. The molecule has 0 spiro atoms. The van der Waals surface area contributed by atoms with Crippen molar-refractivity contribution in [2.45, 2.75) is 19.8 Å². The molecule has 0 aromatic carbocycles. The van der Waals surface area contributed by atoms with Crippen LogP contribution in [0.1, 0.15) is 21.9 Å². The molecule has 3 aromatic heterocycles. The van der Waals surface area contributed by atoms with Crippen molar-refractivity contribution in [1.82, 2.24) is 24.8 Å². The second-order valence-electron chi connectivity index (χ2n) is 6.92. The second kappa shape index (κ2) is 7.16. The number of alkyl halides is 2. The highest BCUT2D eigenvalue weighted by Gasteiger charge is 2.46. The number of likely N-dealkylation sites (tertiary alicyclic amines) is 1. The maximum Gasteiger partial charge on any atom is 0.282 e. The first-order valence-electron chi connectivity index (χ1n) is 8.98. The van der Waals surface area contributed by atoms with Gasteiger partial charge in [-0.3, -0.25) is 9.78 Å². The van der Waals surface area contributed by atoms with E-state index in [0.29, 0.717) is 34.3 Å². The highest BCUT2D eigenvalue weighted by molar-refractivity contribution is 5.97. The van der Waals surface area contributed by atoms with Crippen molar-refractivity contribution in [3.63, 3.8) is 0 Å². The van der Waals surface area contributed by atoms with Crippen molar-refractivity contribution in [3.05, 3.63) is 59.9 Å². The summed E-state index contributed by atoms with van der Waals surface area (Å²) in [5.74, 6) is -1.44. The quantitative estimate of drug-likeness (QED) is 0.728. The largest absolute Gasteiger partial charge is 0.326 e. The Bertz CT molecular complexity index is 1080. The molecule has 148 valence electrons. The Hall–Kier alpha value is -3.49. The highest BCUT2D eigenvalue weighted by Crippen LogP contribution is 2.30. The van der Waals surface area contributed by atoms with E-state index >= 15 is 0 Å². The molecule has 1 saturated heterocycles. The fraction of sp³-hybridized carbons (Fsp3) is 0.250. The number of carbonyl (C=O) groups is 1. The Morgan fingerprint density at radius 3 is 2.52 bits per heavy atom. The lowest BCUT2D eigenvalue weighted by molar-refractivity contribution is -0.113. The van der Waals surface area contributed by atoms with Crippen molar-refractivity contribution in [2.24, 2.45) is 0 Å². The first-order valence-corrected chi connectivity index (χ1v) is 8.98. The van der Waals surface area contributed by atoms with Crippen LogP contribution >= 0.6 is 0 Å². The van der Waals surface area contributed by atoms with Crippen molar-refractivity contribution in [1.29, 1.82) is 0 Å². The topological polar surface area (TPSA) is 83.9 Å². The predicted molar refractivity (Wildman–Crippen MR) is 103 cm³/mol. The number of aromatic nitrogens is 4. The number of pyridine rings is 2. The van der Waals surface area contributed by atoms with Gasteiger partial charge in [-0.1, -0.05) is 0 Å². The smallest absolute Gasteiger partial charge is 0.282 e. The monoisotopic (exact) mass is 396 g/mol. The fourth-order valence-electron chi connectivity index (χ4n) is 3.07. The third kappa shape index (κ3) is 4.03. The number of nitrogens with zero attached hydrogens (tertiary/aromatic N) is 5. The van der Waals surface area contributed by atoms with Gasteiger partial charge in [-0.2, -0.15) is 0 Å². The van der Waals surface area contributed by atoms with Crippen LogP contribution in [0.25, 0.3) is 11.1 Å². The standard InChI is InChI=1S/C20H18F2N6O/c1-12-16(19(29)28-10-20(21,22)11-28)7-15(9-25-12)14-3-5-24-18(8-14)27-17-4-6-23-13(2)26-17/h3-9H,10-11H2,1-2H3,(H,23,24,26,27). The van der Waals surface area contributed by atoms with Crippen LogP contribution in [-0.4, -0.2) is 49.8 Å². The van der Waals surface area contributed by atoms with E-state index in [2.05, 4.69) is 25.3 Å². The van der Waals surface area contributed by atoms with Gasteiger partial charge in [0.2, 0.25) is 0 Å². The van der Waals surface area contributed by atoms with E-state index in [1.54, 1.807) is 56.7 Å². The summed E-state index contributed by atoms with van der Waals surface area (Å²) in [6.07, 6.45) is 4.92. The van der Waals surface area contributed by atoms with Crippen molar-refractivity contribution in [2.75, 3.05) is 18.4 Å². The second-order valence-corrected chi connectivity index (χ2v) is 6.92. The van der Waals surface area contributed by atoms with Crippen LogP contribution in [0.3, 0.4) is 0 Å². The van der Waals surface area contributed by atoms with Crippen molar-refractivity contribution in [3.8, 4) is 11.1 Å². The summed E-state index contributed by atoms with van der Waals surface area (Å²) >= 11 is 0. The fourth-order valence-corrected chi connectivity index (χ4v) is 3.07. The molecular formula is C20H18F2N6O. The molecule has 1 aliphatic rings. The lowest BCUT2D eigenvalue weighted by atomic mass is 10.0. The third-order valence-electron chi connectivity index (χ3n) is 4.57. The summed E-state index contributed by atoms with van der Waals surface area (Å²) in [5, 5.41) is 3.11. The van der Waals surface area contributed by atoms with Crippen molar-refractivity contribution < 1.29 is 13.6 Å². The molecule has 9 heteroatoms. The molecule has 4 heterocycles. The molecule has 0 atom stereocenters. The first-order chi connectivity index (χ1) is 13.8. The van der Waals surface area contributed by atoms with E-state index in [1.165, 1.54) is 0 Å². The third-order valence-corrected chi connectivity index (χ3v) is 4.57. The SMILES string of the molecule is Cc1nccc(Nc2cc(-c3cnc(C)c(C(=O)N4CC(F)(F)C4)c3)ccn2)n1. The lowest BCUT2D eigenvalue weighted by Crippen LogP contribution is -2.58. The normalized spacial score (nSPS) is 15.0. The van der Waals surface area contributed by atoms with E-state index in [0.717, 1.165) is 10.5 Å². The summed E-state index contributed by atoms with van der Waals surface area (Å²) < 4.78 is 26.3. The van der Waals surface area contributed by atoms with Gasteiger partial charge in [0, 0.05) is 24.2 Å². The van der Waals surface area contributed by atoms with Crippen LogP contribution in [0.5, 0.6) is 0 Å². The van der Waals surface area contributed by atoms with E-state index in [4.69, 9.17) is 0 Å². The molecule has 29 heavy (non-hydrogen) atoms. The Morgan fingerprint density at radius 2 is 1.79 bits per heavy atom. The number of hydrogen-bond donors (Lipinski definition) is 1. The molecule has 3 aromatic rings. The average molecular weight is 396 g/mol. The van der Waals surface area contributed by atoms with Gasteiger partial charge in [-0.05, 0) is 43.7 Å². The maximum absolute atomic E-state index is 13.1. The van der Waals surface area contributed by atoms with Gasteiger partial charge in [-0.15, -0.1) is 0 Å². The summed E-state index contributed by atoms with van der Waals surface area (Å²) in [6, 6.07) is 6.99. The van der Waals surface area contributed by atoms with E-state index in [9.17, 15) is 13.6 Å². The number of rotatable bonds is 4. The molecule has 1 amide bonds. The molecule has 0 unspecified atom stereocenters. The zero-order chi connectivity index (χ0) is 20.6. The molecule has 0 radical (unpaired) electrons. The van der Waals surface area contributed by atoms with Crippen LogP contribution < -0.4 is 5.32 Å². The Kier molecular flexibility index (Phi) is 4.65. The van der Waals surface area contributed by atoms with E-state index < -0.39 is 24.9 Å². The number of nitrogens with one attached hydrogen (secondary N) is 1. The van der Waals surface area contributed by atoms with Gasteiger partial charge in [0.05, 0.1) is 24.3 Å². The minimum Gasteiger partial charge on any atom is -0.326 e. The highest BCUT2D eigenvalue weighted by atomic mass is 19.3. The van der Waals surface area contributed by atoms with Gasteiger partial charge in [-0.25, -0.2) is 23.7 Å². The van der Waals surface area contributed by atoms with Crippen LogP contribution in [0.2, 0.25) is 0 Å². The Morgan fingerprint density at radius 1 is 1.03 bits per heavy atom. The number of aryl methyl sites for hydroxylation is 2. The van der Waals surface area contributed by atoms with Gasteiger partial charge in [0.15, 0.2) is 0 Å². The van der Waals surface area contributed by atoms with Crippen LogP contribution in [-0.2, 0) is 0 Å². The van der Waals surface area contributed by atoms with Gasteiger partial charge >= 0.3 is 0 Å². The van der Waals surface area contributed by atoms with E-state index in [-0.39, 0.29) is 0 Å². The van der Waals surface area contributed by atoms with Gasteiger partial charge in [0.25, 0.3) is 11.8 Å². The minimum absolute atomic E-state index is 0.316. The number of anilines is 2. The lowest BCUT2D eigenvalue weighted by Gasteiger charge is -2.38. The zero-order valence-corrected chi connectivity index (χ0v) is 15.9. The molecular weight excluding hydrogens is 378 g/mol. The first kappa shape index (κ1) is 18.9. The molecule has 1 fully saturated rings. The molecule has 7 nitrogen and oxygen atoms in total. The maximum atomic E-state index is 13.1. The summed E-state index contributed by atoms with van der Waals surface area (Å²) in [4.78, 5) is 30.6. The summed E-state index contributed by atoms with van der Waals surface area (Å²) in [7, 11) is 0. The molecule has 1 N–H and O–H groups in total. The molecule has 1 aliphatic heterocycles. The van der Waals surface area contributed by atoms with Gasteiger partial charge in [0.1, 0.15) is 17.5 Å². The summed E-state index contributed by atoms with van der Waals surface area (Å²) in [5.41, 5.74) is 2.29. The molecule has 0 aliphatic carbocycles. The molecule has 4 rings (SSSR count). The number of carbonyl (C=O) groups excluding carboxylic acids is 1. The molecule has 0 bridgehead atoms. The number of hydrogen-bond acceptors (Lipinski definition) is 6. The molecule has 0 saturated carbocycles. The van der Waals surface area contributed by atoms with Crippen molar-refractivity contribution >= 4 is 17.5 Å². The Labute approximate surface area is 165 Å². The van der Waals surface area contributed by atoms with Gasteiger partial charge < -0.3 is 10.2 Å². The summed E-state index contributed by atoms with van der Waals surface area (Å²) in [6.45, 7) is 2.36. The number of amides is 1. The Balaban J connectivity index is 1.59.